The first-order valence-corrected chi connectivity index (χ1v) is 9.02. The molecule has 0 amide bonds. The van der Waals surface area contributed by atoms with E-state index in [1.54, 1.807) is 11.8 Å². The highest BCUT2D eigenvalue weighted by atomic mass is 19.1. The van der Waals surface area contributed by atoms with Gasteiger partial charge in [-0.15, -0.1) is 0 Å². The molecular weight excluding hydrogens is 366 g/mol. The van der Waals surface area contributed by atoms with Gasteiger partial charge in [-0.1, -0.05) is 24.3 Å². The first kappa shape index (κ1) is 18.2. The van der Waals surface area contributed by atoms with Crippen molar-refractivity contribution in [3.63, 3.8) is 0 Å². The standard InChI is InChI=1S/C21H18F2N2O3/c1-2-24-11-15(21(27)28)20(26)14-9-16(22)19(17(23)18(14)24)25-8-7-12-5-3-4-6-13(12)10-25/h3-6,9,11H,2,7-8,10H2,1H3,(H,27,28). The quantitative estimate of drug-likeness (QED) is 0.750. The molecule has 2 heterocycles. The van der Waals surface area contributed by atoms with E-state index in [9.17, 15) is 19.1 Å². The molecule has 0 saturated heterocycles. The number of hydrogen-bond donors (Lipinski definition) is 1. The van der Waals surface area contributed by atoms with Crippen molar-refractivity contribution in [2.45, 2.75) is 26.4 Å². The molecule has 7 heteroatoms. The Balaban J connectivity index is 1.93. The van der Waals surface area contributed by atoms with Gasteiger partial charge >= 0.3 is 5.97 Å². The Morgan fingerprint density at radius 3 is 2.61 bits per heavy atom. The van der Waals surface area contributed by atoms with Gasteiger partial charge in [0.15, 0.2) is 5.82 Å². The molecule has 1 aromatic heterocycles. The lowest BCUT2D eigenvalue weighted by atomic mass is 9.99. The molecule has 3 aromatic rings. The van der Waals surface area contributed by atoms with Crippen LogP contribution >= 0.6 is 0 Å². The molecule has 144 valence electrons. The van der Waals surface area contributed by atoms with E-state index in [1.165, 1.54) is 4.57 Å². The largest absolute Gasteiger partial charge is 0.477 e. The number of benzene rings is 2. The summed E-state index contributed by atoms with van der Waals surface area (Å²) in [6, 6.07) is 8.71. The molecule has 1 aliphatic rings. The number of carboxylic acid groups (broad SMARTS) is 1. The summed E-state index contributed by atoms with van der Waals surface area (Å²) in [5, 5.41) is 8.96. The minimum atomic E-state index is -1.42. The number of nitrogens with zero attached hydrogens (tertiary/aromatic N) is 2. The van der Waals surface area contributed by atoms with Crippen LogP contribution in [0.5, 0.6) is 0 Å². The van der Waals surface area contributed by atoms with Crippen LogP contribution in [0.4, 0.5) is 14.5 Å². The molecule has 0 unspecified atom stereocenters. The monoisotopic (exact) mass is 384 g/mol. The van der Waals surface area contributed by atoms with Gasteiger partial charge in [0, 0.05) is 25.8 Å². The predicted molar refractivity (Wildman–Crippen MR) is 102 cm³/mol. The molecule has 1 aliphatic heterocycles. The second-order valence-electron chi connectivity index (χ2n) is 6.82. The highest BCUT2D eigenvalue weighted by molar-refractivity contribution is 5.93. The number of carbonyl (C=O) groups is 1. The van der Waals surface area contributed by atoms with E-state index in [2.05, 4.69) is 0 Å². The van der Waals surface area contributed by atoms with Crippen molar-refractivity contribution in [3.8, 4) is 0 Å². The fraction of sp³-hybridized carbons (Fsp3) is 0.238. The van der Waals surface area contributed by atoms with Gasteiger partial charge < -0.3 is 14.6 Å². The number of rotatable bonds is 3. The highest BCUT2D eigenvalue weighted by Gasteiger charge is 2.26. The van der Waals surface area contributed by atoms with E-state index in [0.29, 0.717) is 19.5 Å². The second kappa shape index (κ2) is 6.74. The van der Waals surface area contributed by atoms with Gasteiger partial charge in [0.05, 0.1) is 10.9 Å². The number of aryl methyl sites for hydroxylation is 1. The maximum absolute atomic E-state index is 15.5. The average molecular weight is 384 g/mol. The van der Waals surface area contributed by atoms with Crippen LogP contribution in [0.3, 0.4) is 0 Å². The maximum atomic E-state index is 15.5. The Kier molecular flexibility index (Phi) is 4.37. The average Bonchev–Trinajstić information content (AvgIpc) is 2.68. The van der Waals surface area contributed by atoms with Crippen LogP contribution in [0.1, 0.15) is 28.4 Å². The zero-order valence-corrected chi connectivity index (χ0v) is 15.2. The summed E-state index contributed by atoms with van der Waals surface area (Å²) in [6.07, 6.45) is 1.77. The Morgan fingerprint density at radius 2 is 1.93 bits per heavy atom. The third-order valence-corrected chi connectivity index (χ3v) is 5.25. The maximum Gasteiger partial charge on any atom is 0.341 e. The van der Waals surface area contributed by atoms with Crippen LogP contribution in [0, 0.1) is 11.6 Å². The van der Waals surface area contributed by atoms with Gasteiger partial charge in [-0.05, 0) is 30.5 Å². The number of aromatic carboxylic acids is 1. The zero-order valence-electron chi connectivity index (χ0n) is 15.2. The summed E-state index contributed by atoms with van der Waals surface area (Å²) in [5.74, 6) is -3.14. The van der Waals surface area contributed by atoms with E-state index < -0.39 is 28.6 Å². The summed E-state index contributed by atoms with van der Waals surface area (Å²) in [6.45, 7) is 2.75. The summed E-state index contributed by atoms with van der Waals surface area (Å²) < 4.78 is 31.7. The molecule has 4 rings (SSSR count). The Bertz CT molecular complexity index is 1170. The van der Waals surface area contributed by atoms with E-state index in [0.717, 1.165) is 23.4 Å². The van der Waals surface area contributed by atoms with Gasteiger partial charge in [0.25, 0.3) is 0 Å². The van der Waals surface area contributed by atoms with Crippen LogP contribution < -0.4 is 10.3 Å². The van der Waals surface area contributed by atoms with Crippen LogP contribution in [-0.2, 0) is 19.5 Å². The van der Waals surface area contributed by atoms with Crippen molar-refractivity contribution in [1.82, 2.24) is 4.57 Å². The molecule has 5 nitrogen and oxygen atoms in total. The molecule has 0 spiro atoms. The van der Waals surface area contributed by atoms with Crippen molar-refractivity contribution in [1.29, 1.82) is 0 Å². The van der Waals surface area contributed by atoms with Crippen LogP contribution in [0.15, 0.2) is 41.3 Å². The number of anilines is 1. The molecule has 28 heavy (non-hydrogen) atoms. The number of fused-ring (bicyclic) bond motifs is 2. The molecule has 0 atom stereocenters. The third kappa shape index (κ3) is 2.74. The molecule has 1 N–H and O–H groups in total. The van der Waals surface area contributed by atoms with Crippen molar-refractivity contribution in [2.24, 2.45) is 0 Å². The molecule has 0 bridgehead atoms. The smallest absolute Gasteiger partial charge is 0.341 e. The number of carboxylic acids is 1. The van der Waals surface area contributed by atoms with Crippen molar-refractivity contribution < 1.29 is 18.7 Å². The fourth-order valence-corrected chi connectivity index (χ4v) is 3.85. The Morgan fingerprint density at radius 1 is 1.21 bits per heavy atom. The topological polar surface area (TPSA) is 62.5 Å². The third-order valence-electron chi connectivity index (χ3n) is 5.25. The van der Waals surface area contributed by atoms with E-state index in [-0.39, 0.29) is 23.1 Å². The van der Waals surface area contributed by atoms with Gasteiger partial charge in [-0.3, -0.25) is 4.79 Å². The molecule has 0 radical (unpaired) electrons. The van der Waals surface area contributed by atoms with Gasteiger partial charge in [0.1, 0.15) is 17.1 Å². The lowest BCUT2D eigenvalue weighted by molar-refractivity contribution is 0.0695. The van der Waals surface area contributed by atoms with E-state index in [4.69, 9.17) is 0 Å². The highest BCUT2D eigenvalue weighted by Crippen LogP contribution is 2.33. The van der Waals surface area contributed by atoms with Crippen LogP contribution in [0.25, 0.3) is 10.9 Å². The Hall–Kier alpha value is -3.22. The molecule has 2 aromatic carbocycles. The lowest BCUT2D eigenvalue weighted by Gasteiger charge is -2.31. The summed E-state index contributed by atoms with van der Waals surface area (Å²) in [4.78, 5) is 25.4. The first-order chi connectivity index (χ1) is 13.4. The minimum absolute atomic E-state index is 0.0761. The van der Waals surface area contributed by atoms with E-state index in [1.807, 2.05) is 24.3 Å². The summed E-state index contributed by atoms with van der Waals surface area (Å²) in [5.41, 5.74) is 0.492. The minimum Gasteiger partial charge on any atom is -0.477 e. The lowest BCUT2D eigenvalue weighted by Crippen LogP contribution is -2.32. The molecule has 0 fully saturated rings. The summed E-state index contributed by atoms with van der Waals surface area (Å²) in [7, 11) is 0. The predicted octanol–water partition coefficient (Wildman–Crippen LogP) is 3.56. The molecular formula is C21H18F2N2O3. The number of pyridine rings is 1. The molecule has 0 saturated carbocycles. The molecule has 0 aliphatic carbocycles. The van der Waals surface area contributed by atoms with Gasteiger partial charge in [-0.2, -0.15) is 0 Å². The number of halogens is 2. The fourth-order valence-electron chi connectivity index (χ4n) is 3.85. The van der Waals surface area contributed by atoms with Crippen LogP contribution in [-0.4, -0.2) is 22.2 Å². The van der Waals surface area contributed by atoms with E-state index >= 15 is 4.39 Å². The van der Waals surface area contributed by atoms with Crippen LogP contribution in [0.2, 0.25) is 0 Å². The zero-order chi connectivity index (χ0) is 20.0. The van der Waals surface area contributed by atoms with Gasteiger partial charge in [0.2, 0.25) is 5.43 Å². The normalized spacial score (nSPS) is 13.6. The Labute approximate surface area is 159 Å². The SMILES string of the molecule is CCn1cc(C(=O)O)c(=O)c2cc(F)c(N3CCc4ccccc4C3)c(F)c21. The summed E-state index contributed by atoms with van der Waals surface area (Å²) >= 11 is 0. The first-order valence-electron chi connectivity index (χ1n) is 9.02. The van der Waals surface area contributed by atoms with Crippen molar-refractivity contribution in [2.75, 3.05) is 11.4 Å². The number of aromatic nitrogens is 1. The number of hydrogen-bond acceptors (Lipinski definition) is 3. The second-order valence-corrected chi connectivity index (χ2v) is 6.82. The van der Waals surface area contributed by atoms with Crippen molar-refractivity contribution >= 4 is 22.6 Å². The van der Waals surface area contributed by atoms with Gasteiger partial charge in [-0.25, -0.2) is 13.6 Å². The van der Waals surface area contributed by atoms with Crippen molar-refractivity contribution in [3.05, 3.63) is 75.1 Å².